The van der Waals surface area contributed by atoms with E-state index in [1.165, 1.54) is 218 Å². The van der Waals surface area contributed by atoms with Crippen molar-refractivity contribution < 1.29 is 80.2 Å². The molecule has 3 unspecified atom stereocenters. The van der Waals surface area contributed by atoms with Crippen molar-refractivity contribution >= 4 is 39.5 Å². The molecule has 0 aliphatic rings. The van der Waals surface area contributed by atoms with Gasteiger partial charge in [0.25, 0.3) is 0 Å². The van der Waals surface area contributed by atoms with Crippen LogP contribution in [0.4, 0.5) is 0 Å². The minimum atomic E-state index is -4.96. The molecular weight excluding hydrogens is 1260 g/mol. The van der Waals surface area contributed by atoms with Crippen molar-refractivity contribution in [2.45, 2.75) is 419 Å². The summed E-state index contributed by atoms with van der Waals surface area (Å²) in [6.45, 7) is 9.56. The molecule has 0 aliphatic carbocycles. The Morgan fingerprint density at radius 2 is 0.531 bits per heavy atom. The van der Waals surface area contributed by atoms with Gasteiger partial charge in [0.15, 0.2) is 12.2 Å². The molecule has 6 atom stereocenters. The van der Waals surface area contributed by atoms with E-state index >= 15 is 0 Å². The average molecular weight is 1410 g/mol. The summed E-state index contributed by atoms with van der Waals surface area (Å²) in [6.07, 6.45) is 57.2. The first-order valence-corrected chi connectivity index (χ1v) is 43.0. The number of hydrogen-bond donors (Lipinski definition) is 3. The first-order valence-electron chi connectivity index (χ1n) is 40.0. The molecule has 0 bridgehead atoms. The predicted octanol–water partition coefficient (Wildman–Crippen LogP) is 22.7. The van der Waals surface area contributed by atoms with Crippen LogP contribution in [-0.2, 0) is 65.4 Å². The predicted molar refractivity (Wildman–Crippen MR) is 391 cm³/mol. The van der Waals surface area contributed by atoms with E-state index < -0.39 is 97.5 Å². The number of ether oxygens (including phenoxy) is 4. The molecule has 3 N–H and O–H groups in total. The van der Waals surface area contributed by atoms with Crippen LogP contribution in [0.15, 0.2) is 0 Å². The standard InChI is InChI=1S/C77H150O17P2/c1-7-10-12-14-16-18-19-20-21-27-30-33-37-41-48-54-60-75(80)88-65-72(93-76(81)61-55-49-42-38-34-31-28-25-23-22-24-26-29-32-36-39-46-52-58-70(6)9-3)67-91-95(83,84)89-63-71(78)64-90-96(85,86)92-68-73(94-77(82)62-56-50-44-43-45-51-57-69(4)5)66-87-74(79)59-53-47-40-35-17-15-13-11-8-2/h69-73,78H,7-68H2,1-6H3,(H,83,84)(H,85,86)/t70?,71-,72-,73-/m1/s1. The van der Waals surface area contributed by atoms with Crippen molar-refractivity contribution in [1.29, 1.82) is 0 Å². The Bertz CT molecular complexity index is 1860. The fraction of sp³-hybridized carbons (Fsp3) is 0.948. The Morgan fingerprint density at radius 1 is 0.302 bits per heavy atom. The third-order valence-corrected chi connectivity index (χ3v) is 20.2. The Hall–Kier alpha value is -1.94. The van der Waals surface area contributed by atoms with Crippen molar-refractivity contribution in [1.82, 2.24) is 0 Å². The molecule has 0 saturated heterocycles. The fourth-order valence-electron chi connectivity index (χ4n) is 11.8. The maximum absolute atomic E-state index is 13.1. The van der Waals surface area contributed by atoms with Crippen LogP contribution in [0.1, 0.15) is 401 Å². The third kappa shape index (κ3) is 69.2. The van der Waals surface area contributed by atoms with Crippen molar-refractivity contribution in [3.05, 3.63) is 0 Å². The van der Waals surface area contributed by atoms with Gasteiger partial charge in [0.05, 0.1) is 26.4 Å². The number of aliphatic hydroxyl groups excluding tert-OH is 1. The van der Waals surface area contributed by atoms with E-state index in [-0.39, 0.29) is 25.7 Å². The number of phosphoric ester groups is 2. The maximum atomic E-state index is 13.1. The molecule has 0 spiro atoms. The highest BCUT2D eigenvalue weighted by Gasteiger charge is 2.30. The zero-order chi connectivity index (χ0) is 70.7. The third-order valence-electron chi connectivity index (χ3n) is 18.3. The van der Waals surface area contributed by atoms with Crippen molar-refractivity contribution in [2.75, 3.05) is 39.6 Å². The van der Waals surface area contributed by atoms with Crippen LogP contribution < -0.4 is 0 Å². The summed E-state index contributed by atoms with van der Waals surface area (Å²) < 4.78 is 68.4. The first kappa shape index (κ1) is 94.1. The molecule has 0 saturated carbocycles. The Kier molecular flexibility index (Phi) is 67.4. The van der Waals surface area contributed by atoms with Gasteiger partial charge in [-0.1, -0.05) is 350 Å². The Labute approximate surface area is 588 Å². The number of unbranched alkanes of at least 4 members (excludes halogenated alkanes) is 45. The Morgan fingerprint density at radius 3 is 0.792 bits per heavy atom. The molecule has 0 aliphatic heterocycles. The number of phosphoric acid groups is 2. The second-order valence-electron chi connectivity index (χ2n) is 28.5. The van der Waals surface area contributed by atoms with E-state index in [1.807, 2.05) is 0 Å². The van der Waals surface area contributed by atoms with Gasteiger partial charge in [0.1, 0.15) is 19.3 Å². The zero-order valence-electron chi connectivity index (χ0n) is 62.7. The van der Waals surface area contributed by atoms with Crippen LogP contribution in [0.3, 0.4) is 0 Å². The van der Waals surface area contributed by atoms with E-state index in [0.29, 0.717) is 31.6 Å². The van der Waals surface area contributed by atoms with Gasteiger partial charge in [-0.25, -0.2) is 9.13 Å². The second-order valence-corrected chi connectivity index (χ2v) is 31.4. The highest BCUT2D eigenvalue weighted by atomic mass is 31.2. The number of carbonyl (C=O) groups excluding carboxylic acids is 4. The number of aliphatic hydroxyl groups is 1. The molecule has 96 heavy (non-hydrogen) atoms. The quantitative estimate of drug-likeness (QED) is 0.0222. The number of esters is 4. The molecular formula is C77H150O17P2. The molecule has 0 heterocycles. The lowest BCUT2D eigenvalue weighted by molar-refractivity contribution is -0.161. The summed E-state index contributed by atoms with van der Waals surface area (Å²) in [5.41, 5.74) is 0. The molecule has 0 fully saturated rings. The van der Waals surface area contributed by atoms with Gasteiger partial charge in [-0.15, -0.1) is 0 Å². The van der Waals surface area contributed by atoms with Gasteiger partial charge in [0, 0.05) is 25.7 Å². The fourth-order valence-corrected chi connectivity index (χ4v) is 13.4. The summed E-state index contributed by atoms with van der Waals surface area (Å²) in [4.78, 5) is 72.7. The monoisotopic (exact) mass is 1410 g/mol. The van der Waals surface area contributed by atoms with E-state index in [1.54, 1.807) is 0 Å². The van der Waals surface area contributed by atoms with E-state index in [0.717, 1.165) is 95.8 Å². The van der Waals surface area contributed by atoms with Gasteiger partial charge >= 0.3 is 39.5 Å². The van der Waals surface area contributed by atoms with Gasteiger partial charge in [-0.05, 0) is 37.5 Å². The summed E-state index contributed by atoms with van der Waals surface area (Å²) in [5.74, 6) is -0.580. The minimum Gasteiger partial charge on any atom is -0.462 e. The van der Waals surface area contributed by atoms with Crippen LogP contribution in [0.25, 0.3) is 0 Å². The first-order chi connectivity index (χ1) is 46.4. The van der Waals surface area contributed by atoms with Gasteiger partial charge in [-0.3, -0.25) is 37.3 Å². The number of carbonyl (C=O) groups is 4. The zero-order valence-corrected chi connectivity index (χ0v) is 64.5. The highest BCUT2D eigenvalue weighted by Crippen LogP contribution is 2.45. The molecule has 0 amide bonds. The van der Waals surface area contributed by atoms with Crippen LogP contribution >= 0.6 is 15.6 Å². The summed E-state index contributed by atoms with van der Waals surface area (Å²) in [5, 5.41) is 10.6. The SMILES string of the molecule is CCCCCCCCCCCCCCCCCCC(=O)OC[C@H](COP(=O)(O)OC[C@@H](O)COP(=O)(O)OC[C@@H](COC(=O)CCCCCCCCCCC)OC(=O)CCCCCCCCC(C)C)OC(=O)CCCCCCCCCCCCCCCCCCCCC(C)CC. The van der Waals surface area contributed by atoms with E-state index in [2.05, 4.69) is 41.5 Å². The summed E-state index contributed by atoms with van der Waals surface area (Å²) in [6, 6.07) is 0. The molecule has 570 valence electrons. The van der Waals surface area contributed by atoms with Gasteiger partial charge in [-0.2, -0.15) is 0 Å². The minimum absolute atomic E-state index is 0.102. The summed E-state index contributed by atoms with van der Waals surface area (Å²) in [7, 11) is -9.91. The lowest BCUT2D eigenvalue weighted by atomic mass is 9.99. The normalized spacial score (nSPS) is 14.3. The van der Waals surface area contributed by atoms with Gasteiger partial charge < -0.3 is 33.8 Å². The van der Waals surface area contributed by atoms with Crippen molar-refractivity contribution in [2.24, 2.45) is 11.8 Å². The van der Waals surface area contributed by atoms with Crippen molar-refractivity contribution in [3.63, 3.8) is 0 Å². The number of hydrogen-bond acceptors (Lipinski definition) is 15. The van der Waals surface area contributed by atoms with Crippen LogP contribution in [0, 0.1) is 11.8 Å². The molecule has 0 radical (unpaired) electrons. The molecule has 0 aromatic rings. The Balaban J connectivity index is 5.16. The molecule has 0 aromatic carbocycles. The van der Waals surface area contributed by atoms with Crippen LogP contribution in [0.5, 0.6) is 0 Å². The largest absolute Gasteiger partial charge is 0.472 e. The molecule has 0 aromatic heterocycles. The molecule has 17 nitrogen and oxygen atoms in total. The topological polar surface area (TPSA) is 237 Å². The van der Waals surface area contributed by atoms with E-state index in [4.69, 9.17) is 37.0 Å². The summed E-state index contributed by atoms with van der Waals surface area (Å²) >= 11 is 0. The van der Waals surface area contributed by atoms with Crippen molar-refractivity contribution in [3.8, 4) is 0 Å². The van der Waals surface area contributed by atoms with Crippen LogP contribution in [-0.4, -0.2) is 96.7 Å². The smallest absolute Gasteiger partial charge is 0.462 e. The lowest BCUT2D eigenvalue weighted by Crippen LogP contribution is -2.30. The van der Waals surface area contributed by atoms with Crippen LogP contribution in [0.2, 0.25) is 0 Å². The highest BCUT2D eigenvalue weighted by molar-refractivity contribution is 7.47. The van der Waals surface area contributed by atoms with E-state index in [9.17, 15) is 43.2 Å². The maximum Gasteiger partial charge on any atom is 0.472 e. The lowest BCUT2D eigenvalue weighted by Gasteiger charge is -2.21. The second kappa shape index (κ2) is 68.8. The molecule has 0 rings (SSSR count). The average Bonchev–Trinajstić information content (AvgIpc) is 1.26. The molecule has 19 heteroatoms. The number of rotatable bonds is 76. The van der Waals surface area contributed by atoms with Gasteiger partial charge in [0.2, 0.25) is 0 Å².